The Morgan fingerprint density at radius 3 is 2.67 bits per heavy atom. The normalized spacial score (nSPS) is 11.0. The molecule has 0 aliphatic heterocycles. The van der Waals surface area contributed by atoms with E-state index in [-0.39, 0.29) is 23.4 Å². The number of nitrogens with zero attached hydrogens (tertiary/aromatic N) is 4. The molecule has 0 aliphatic carbocycles. The van der Waals surface area contributed by atoms with Crippen molar-refractivity contribution in [3.63, 3.8) is 0 Å². The number of para-hydroxylation sites is 1. The molecule has 9 heteroatoms. The molecule has 0 saturated heterocycles. The number of fused-ring (bicyclic) bond motifs is 1. The summed E-state index contributed by atoms with van der Waals surface area (Å²) in [7, 11) is 0. The third kappa shape index (κ3) is 3.11. The smallest absolute Gasteiger partial charge is 0.353 e. The van der Waals surface area contributed by atoms with Gasteiger partial charge in [-0.1, -0.05) is 23.5 Å². The van der Waals surface area contributed by atoms with Crippen LogP contribution in [0.15, 0.2) is 24.5 Å². The predicted molar refractivity (Wildman–Crippen MR) is 95.1 cm³/mol. The van der Waals surface area contributed by atoms with Crippen LogP contribution in [-0.4, -0.2) is 25.9 Å². The minimum absolute atomic E-state index is 0.0107. The lowest BCUT2D eigenvalue weighted by molar-refractivity contribution is -0.383. The zero-order valence-corrected chi connectivity index (χ0v) is 14.2. The van der Waals surface area contributed by atoms with Gasteiger partial charge in [0.05, 0.1) is 15.1 Å². The largest absolute Gasteiger partial charge is 0.362 e. The molecule has 3 aromatic rings. The fourth-order valence-electron chi connectivity index (χ4n) is 2.26. The Bertz CT molecular complexity index is 908. The van der Waals surface area contributed by atoms with E-state index in [0.29, 0.717) is 5.13 Å². The quantitative estimate of drug-likeness (QED) is 0.534. The van der Waals surface area contributed by atoms with E-state index in [1.54, 1.807) is 0 Å². The number of hydrogen-bond acceptors (Lipinski definition) is 8. The van der Waals surface area contributed by atoms with Gasteiger partial charge in [-0.25, -0.2) is 15.0 Å². The van der Waals surface area contributed by atoms with Crippen LogP contribution >= 0.6 is 11.3 Å². The second-order valence-corrected chi connectivity index (χ2v) is 6.57. The van der Waals surface area contributed by atoms with E-state index in [9.17, 15) is 10.1 Å². The topological polar surface area (TPSA) is 106 Å². The number of aryl methyl sites for hydroxylation is 1. The average molecular weight is 344 g/mol. The highest BCUT2D eigenvalue weighted by molar-refractivity contribution is 7.22. The van der Waals surface area contributed by atoms with Crippen molar-refractivity contribution >= 4 is 44.0 Å². The Hall–Kier alpha value is -2.81. The van der Waals surface area contributed by atoms with Crippen LogP contribution in [0.5, 0.6) is 0 Å². The lowest BCUT2D eigenvalue weighted by atomic mass is 10.2. The molecular weight excluding hydrogens is 328 g/mol. The molecule has 1 aromatic carbocycles. The Balaban J connectivity index is 2.02. The Morgan fingerprint density at radius 2 is 2.00 bits per heavy atom. The van der Waals surface area contributed by atoms with Gasteiger partial charge in [-0.15, -0.1) is 0 Å². The van der Waals surface area contributed by atoms with Crippen molar-refractivity contribution in [1.29, 1.82) is 0 Å². The fourth-order valence-corrected chi connectivity index (χ4v) is 3.21. The number of aromatic nitrogens is 3. The molecule has 0 fully saturated rings. The van der Waals surface area contributed by atoms with E-state index in [0.717, 1.165) is 15.8 Å². The van der Waals surface area contributed by atoms with Crippen LogP contribution in [0, 0.1) is 17.0 Å². The maximum Gasteiger partial charge on any atom is 0.353 e. The Morgan fingerprint density at radius 1 is 1.25 bits per heavy atom. The number of anilines is 3. The minimum Gasteiger partial charge on any atom is -0.362 e. The molecule has 2 aromatic heterocycles. The molecule has 3 rings (SSSR count). The molecule has 8 nitrogen and oxygen atoms in total. The van der Waals surface area contributed by atoms with E-state index in [2.05, 4.69) is 25.6 Å². The third-order valence-corrected chi connectivity index (χ3v) is 4.21. The van der Waals surface area contributed by atoms with E-state index in [1.165, 1.54) is 17.7 Å². The van der Waals surface area contributed by atoms with Crippen LogP contribution in [-0.2, 0) is 0 Å². The summed E-state index contributed by atoms with van der Waals surface area (Å²) in [6, 6.07) is 5.91. The lowest BCUT2D eigenvalue weighted by Gasteiger charge is -2.10. The van der Waals surface area contributed by atoms with Gasteiger partial charge in [0, 0.05) is 6.04 Å². The zero-order valence-electron chi connectivity index (χ0n) is 13.4. The standard InChI is InChI=1S/C15H16N6O2S/c1-8(2)18-13-12(21(22)23)14(17-7-16-13)20-15-19-11-9(3)5-4-6-10(11)24-15/h4-8H,1-3H3,(H2,16,17,18,19,20). The van der Waals surface area contributed by atoms with E-state index < -0.39 is 4.92 Å². The fraction of sp³-hybridized carbons (Fsp3) is 0.267. The van der Waals surface area contributed by atoms with Crippen LogP contribution in [0.2, 0.25) is 0 Å². The molecular formula is C15H16N6O2S. The summed E-state index contributed by atoms with van der Waals surface area (Å²) >= 11 is 1.42. The van der Waals surface area contributed by atoms with Gasteiger partial charge in [0.15, 0.2) is 5.13 Å². The molecule has 2 heterocycles. The van der Waals surface area contributed by atoms with Gasteiger partial charge in [-0.05, 0) is 32.4 Å². The van der Waals surface area contributed by atoms with Crippen LogP contribution in [0.1, 0.15) is 19.4 Å². The van der Waals surface area contributed by atoms with Crippen LogP contribution in [0.4, 0.5) is 22.5 Å². The van der Waals surface area contributed by atoms with Crippen molar-refractivity contribution in [2.45, 2.75) is 26.8 Å². The monoisotopic (exact) mass is 344 g/mol. The van der Waals surface area contributed by atoms with E-state index in [1.807, 2.05) is 39.0 Å². The Labute approximate surface area is 142 Å². The highest BCUT2D eigenvalue weighted by Gasteiger charge is 2.24. The SMILES string of the molecule is Cc1cccc2sc(Nc3ncnc(NC(C)C)c3[N+](=O)[O-])nc12. The summed E-state index contributed by atoms with van der Waals surface area (Å²) in [5.41, 5.74) is 1.74. The Kier molecular flexibility index (Phi) is 4.26. The molecule has 0 spiro atoms. The lowest BCUT2D eigenvalue weighted by Crippen LogP contribution is -2.14. The molecule has 0 saturated carbocycles. The molecule has 0 bridgehead atoms. The summed E-state index contributed by atoms with van der Waals surface area (Å²) in [4.78, 5) is 23.5. The number of nitrogens with one attached hydrogen (secondary N) is 2. The highest BCUT2D eigenvalue weighted by Crippen LogP contribution is 2.34. The number of thiazole rings is 1. The van der Waals surface area contributed by atoms with Crippen molar-refractivity contribution in [3.8, 4) is 0 Å². The van der Waals surface area contributed by atoms with Gasteiger partial charge in [-0.3, -0.25) is 10.1 Å². The van der Waals surface area contributed by atoms with Crippen molar-refractivity contribution in [3.05, 3.63) is 40.2 Å². The highest BCUT2D eigenvalue weighted by atomic mass is 32.1. The first-order valence-corrected chi connectivity index (χ1v) is 8.16. The van der Waals surface area contributed by atoms with Crippen LogP contribution < -0.4 is 10.6 Å². The molecule has 24 heavy (non-hydrogen) atoms. The molecule has 2 N–H and O–H groups in total. The van der Waals surface area contributed by atoms with Gasteiger partial charge < -0.3 is 10.6 Å². The number of hydrogen-bond donors (Lipinski definition) is 2. The van der Waals surface area contributed by atoms with Crippen molar-refractivity contribution < 1.29 is 4.92 Å². The summed E-state index contributed by atoms with van der Waals surface area (Å²) in [6.07, 6.45) is 1.29. The minimum atomic E-state index is -0.494. The number of rotatable bonds is 5. The molecule has 0 atom stereocenters. The second-order valence-electron chi connectivity index (χ2n) is 5.54. The summed E-state index contributed by atoms with van der Waals surface area (Å²) < 4.78 is 1.01. The van der Waals surface area contributed by atoms with Gasteiger partial charge in [0.2, 0.25) is 11.6 Å². The van der Waals surface area contributed by atoms with E-state index >= 15 is 0 Å². The maximum atomic E-state index is 11.5. The number of benzene rings is 1. The van der Waals surface area contributed by atoms with Crippen molar-refractivity contribution in [2.24, 2.45) is 0 Å². The second kappa shape index (κ2) is 6.36. The van der Waals surface area contributed by atoms with E-state index in [4.69, 9.17) is 0 Å². The first kappa shape index (κ1) is 16.1. The average Bonchev–Trinajstić information content (AvgIpc) is 2.90. The molecule has 124 valence electrons. The molecule has 0 amide bonds. The number of nitro groups is 1. The van der Waals surface area contributed by atoms with Gasteiger partial charge in [0.1, 0.15) is 6.33 Å². The van der Waals surface area contributed by atoms with Gasteiger partial charge in [0.25, 0.3) is 0 Å². The van der Waals surface area contributed by atoms with Gasteiger partial charge in [-0.2, -0.15) is 0 Å². The van der Waals surface area contributed by atoms with Gasteiger partial charge >= 0.3 is 5.69 Å². The first-order chi connectivity index (χ1) is 11.5. The molecule has 0 unspecified atom stereocenters. The summed E-state index contributed by atoms with van der Waals surface area (Å²) in [5.74, 6) is 0.305. The van der Waals surface area contributed by atoms with Crippen LogP contribution in [0.3, 0.4) is 0 Å². The summed E-state index contributed by atoms with van der Waals surface area (Å²) in [6.45, 7) is 5.74. The van der Waals surface area contributed by atoms with Crippen molar-refractivity contribution in [1.82, 2.24) is 15.0 Å². The van der Waals surface area contributed by atoms with Crippen LogP contribution in [0.25, 0.3) is 10.2 Å². The molecule has 0 radical (unpaired) electrons. The third-order valence-electron chi connectivity index (χ3n) is 3.28. The zero-order chi connectivity index (χ0) is 17.3. The molecule has 0 aliphatic rings. The van der Waals surface area contributed by atoms with Crippen molar-refractivity contribution in [2.75, 3.05) is 10.6 Å². The maximum absolute atomic E-state index is 11.5. The predicted octanol–water partition coefficient (Wildman–Crippen LogP) is 3.87. The first-order valence-electron chi connectivity index (χ1n) is 7.35. The summed E-state index contributed by atoms with van der Waals surface area (Å²) in [5, 5.41) is 17.9.